The van der Waals surface area contributed by atoms with E-state index in [-0.39, 0.29) is 27.6 Å². The fourth-order valence-corrected chi connectivity index (χ4v) is 4.70. The van der Waals surface area contributed by atoms with Crippen LogP contribution >= 0.6 is 0 Å². The van der Waals surface area contributed by atoms with Gasteiger partial charge in [-0.3, -0.25) is 14.9 Å². The summed E-state index contributed by atoms with van der Waals surface area (Å²) in [6.45, 7) is 0.924. The third-order valence-corrected chi connectivity index (χ3v) is 6.59. The number of non-ortho nitro benzene ring substituents is 1. The molecule has 0 atom stereocenters. The van der Waals surface area contributed by atoms with E-state index in [0.717, 1.165) is 25.3 Å². The van der Waals surface area contributed by atoms with Gasteiger partial charge in [-0.25, -0.2) is 8.42 Å². The van der Waals surface area contributed by atoms with E-state index in [4.69, 9.17) is 4.74 Å². The molecule has 0 spiro atoms. The highest BCUT2D eigenvalue weighted by atomic mass is 32.2. The molecule has 1 N–H and O–H groups in total. The first-order chi connectivity index (χ1) is 13.8. The minimum atomic E-state index is -3.69. The van der Waals surface area contributed by atoms with E-state index >= 15 is 0 Å². The van der Waals surface area contributed by atoms with Crippen LogP contribution in [0.4, 0.5) is 11.4 Å². The van der Waals surface area contributed by atoms with Crippen LogP contribution in [0.1, 0.15) is 29.6 Å². The second kappa shape index (κ2) is 8.58. The molecule has 9 nitrogen and oxygen atoms in total. The molecule has 0 bridgehead atoms. The molecule has 0 aliphatic carbocycles. The van der Waals surface area contributed by atoms with Gasteiger partial charge in [-0.1, -0.05) is 12.5 Å². The number of nitro benzene ring substituents is 1. The van der Waals surface area contributed by atoms with Crippen molar-refractivity contribution in [3.63, 3.8) is 0 Å². The van der Waals surface area contributed by atoms with Gasteiger partial charge in [-0.2, -0.15) is 4.31 Å². The van der Waals surface area contributed by atoms with Crippen LogP contribution in [0.2, 0.25) is 0 Å². The molecule has 0 saturated carbocycles. The number of hydrogen-bond donors (Lipinski definition) is 1. The van der Waals surface area contributed by atoms with Gasteiger partial charge in [0.05, 0.1) is 22.6 Å². The molecular weight excluding hydrogens is 398 g/mol. The van der Waals surface area contributed by atoms with E-state index in [0.29, 0.717) is 13.1 Å². The predicted octanol–water partition coefficient (Wildman–Crippen LogP) is 3.03. The molecule has 2 aromatic carbocycles. The molecule has 154 valence electrons. The average Bonchev–Trinajstić information content (AvgIpc) is 2.74. The van der Waals surface area contributed by atoms with Crippen LogP contribution in [0, 0.1) is 10.1 Å². The van der Waals surface area contributed by atoms with Crippen molar-refractivity contribution in [2.24, 2.45) is 0 Å². The maximum absolute atomic E-state index is 12.9. The highest BCUT2D eigenvalue weighted by Gasteiger charge is 2.27. The predicted molar refractivity (Wildman–Crippen MR) is 107 cm³/mol. The lowest BCUT2D eigenvalue weighted by molar-refractivity contribution is -0.384. The standard InChI is InChI=1S/C19H21N3O6S/c1-28-18-9-8-16(29(26,27)21-10-3-2-4-11-21)13-17(18)20-19(23)14-6-5-7-15(12-14)22(24)25/h5-9,12-13H,2-4,10-11H2,1H3,(H,20,23). The number of anilines is 1. The number of sulfonamides is 1. The highest BCUT2D eigenvalue weighted by molar-refractivity contribution is 7.89. The lowest BCUT2D eigenvalue weighted by Crippen LogP contribution is -2.35. The van der Waals surface area contributed by atoms with Gasteiger partial charge < -0.3 is 10.1 Å². The van der Waals surface area contributed by atoms with E-state index in [2.05, 4.69) is 5.32 Å². The topological polar surface area (TPSA) is 119 Å². The number of carbonyl (C=O) groups is 1. The van der Waals surface area contributed by atoms with Gasteiger partial charge in [-0.05, 0) is 37.1 Å². The summed E-state index contributed by atoms with van der Waals surface area (Å²) in [4.78, 5) is 22.9. The molecule has 1 heterocycles. The number of nitrogens with one attached hydrogen (secondary N) is 1. The molecule has 1 amide bonds. The summed E-state index contributed by atoms with van der Waals surface area (Å²) in [5.74, 6) is -0.333. The van der Waals surface area contributed by atoms with Gasteiger partial charge in [0.25, 0.3) is 11.6 Å². The summed E-state index contributed by atoms with van der Waals surface area (Å²) in [7, 11) is -2.29. The molecule has 1 fully saturated rings. The van der Waals surface area contributed by atoms with Crippen molar-refractivity contribution in [1.29, 1.82) is 0 Å². The zero-order valence-corrected chi connectivity index (χ0v) is 16.6. The first kappa shape index (κ1) is 20.7. The zero-order valence-electron chi connectivity index (χ0n) is 15.8. The molecule has 2 aromatic rings. The lowest BCUT2D eigenvalue weighted by Gasteiger charge is -2.26. The van der Waals surface area contributed by atoms with Crippen molar-refractivity contribution >= 4 is 27.3 Å². The summed E-state index contributed by atoms with van der Waals surface area (Å²) in [5, 5.41) is 13.5. The fourth-order valence-electron chi connectivity index (χ4n) is 3.15. The maximum Gasteiger partial charge on any atom is 0.270 e. The van der Waals surface area contributed by atoms with Crippen molar-refractivity contribution < 1.29 is 22.9 Å². The van der Waals surface area contributed by atoms with Gasteiger partial charge in [0.15, 0.2) is 0 Å². The first-order valence-electron chi connectivity index (χ1n) is 9.07. The molecular formula is C19H21N3O6S. The van der Waals surface area contributed by atoms with E-state index < -0.39 is 20.9 Å². The Morgan fingerprint density at radius 3 is 2.52 bits per heavy atom. The smallest absolute Gasteiger partial charge is 0.270 e. The minimum Gasteiger partial charge on any atom is -0.495 e. The van der Waals surface area contributed by atoms with E-state index in [1.807, 2.05) is 0 Å². The molecule has 1 aliphatic rings. The van der Waals surface area contributed by atoms with E-state index in [1.165, 1.54) is 47.8 Å². The van der Waals surface area contributed by atoms with Crippen molar-refractivity contribution in [3.05, 3.63) is 58.1 Å². The second-order valence-corrected chi connectivity index (χ2v) is 8.53. The number of methoxy groups -OCH3 is 1. The van der Waals surface area contributed by atoms with Gasteiger partial charge in [0.1, 0.15) is 5.75 Å². The Hall–Kier alpha value is -2.98. The Balaban J connectivity index is 1.90. The average molecular weight is 419 g/mol. The van der Waals surface area contributed by atoms with Gasteiger partial charge in [-0.15, -0.1) is 0 Å². The number of carbonyl (C=O) groups excluding carboxylic acids is 1. The number of nitrogens with zero attached hydrogens (tertiary/aromatic N) is 2. The summed E-state index contributed by atoms with van der Waals surface area (Å²) >= 11 is 0. The third-order valence-electron chi connectivity index (χ3n) is 4.69. The van der Waals surface area contributed by atoms with Crippen molar-refractivity contribution in [1.82, 2.24) is 4.31 Å². The number of hydrogen-bond acceptors (Lipinski definition) is 6. The van der Waals surface area contributed by atoms with Gasteiger partial charge in [0, 0.05) is 30.8 Å². The monoisotopic (exact) mass is 419 g/mol. The van der Waals surface area contributed by atoms with Crippen LogP contribution in [-0.2, 0) is 10.0 Å². The molecule has 0 aromatic heterocycles. The van der Waals surface area contributed by atoms with Crippen LogP contribution < -0.4 is 10.1 Å². The van der Waals surface area contributed by atoms with Crippen LogP contribution in [0.25, 0.3) is 0 Å². The second-order valence-electron chi connectivity index (χ2n) is 6.59. The molecule has 29 heavy (non-hydrogen) atoms. The van der Waals surface area contributed by atoms with Crippen LogP contribution in [0.15, 0.2) is 47.4 Å². The SMILES string of the molecule is COc1ccc(S(=O)(=O)N2CCCCC2)cc1NC(=O)c1cccc([N+](=O)[O-])c1. The lowest BCUT2D eigenvalue weighted by atomic mass is 10.2. The maximum atomic E-state index is 12.9. The van der Waals surface area contributed by atoms with Gasteiger partial charge >= 0.3 is 0 Å². The van der Waals surface area contributed by atoms with Crippen LogP contribution in [-0.4, -0.2) is 43.8 Å². The van der Waals surface area contributed by atoms with Crippen molar-refractivity contribution in [2.45, 2.75) is 24.2 Å². The van der Waals surface area contributed by atoms with Crippen LogP contribution in [0.3, 0.4) is 0 Å². The van der Waals surface area contributed by atoms with E-state index in [9.17, 15) is 23.3 Å². The third kappa shape index (κ3) is 4.54. The molecule has 0 radical (unpaired) electrons. The minimum absolute atomic E-state index is 0.0505. The Bertz CT molecular complexity index is 1030. The Morgan fingerprint density at radius 2 is 1.86 bits per heavy atom. The number of nitro groups is 1. The van der Waals surface area contributed by atoms with Gasteiger partial charge in [0.2, 0.25) is 10.0 Å². The Kier molecular flexibility index (Phi) is 6.14. The normalized spacial score (nSPS) is 14.9. The number of piperidine rings is 1. The fraction of sp³-hybridized carbons (Fsp3) is 0.316. The molecule has 0 unspecified atom stereocenters. The Labute approximate surface area is 168 Å². The van der Waals surface area contributed by atoms with Crippen LogP contribution in [0.5, 0.6) is 5.75 Å². The largest absolute Gasteiger partial charge is 0.495 e. The summed E-state index contributed by atoms with van der Waals surface area (Å²) in [6.07, 6.45) is 2.62. The molecule has 10 heteroatoms. The highest BCUT2D eigenvalue weighted by Crippen LogP contribution is 2.30. The van der Waals surface area contributed by atoms with Crippen molar-refractivity contribution in [3.8, 4) is 5.75 Å². The number of rotatable bonds is 6. The summed E-state index contributed by atoms with van der Waals surface area (Å²) in [5.41, 5.74) is 0.0266. The van der Waals surface area contributed by atoms with E-state index in [1.54, 1.807) is 0 Å². The first-order valence-corrected chi connectivity index (χ1v) is 10.5. The van der Waals surface area contributed by atoms with Crippen molar-refractivity contribution in [2.75, 3.05) is 25.5 Å². The summed E-state index contributed by atoms with van der Waals surface area (Å²) < 4.78 is 32.5. The quantitative estimate of drug-likeness (QED) is 0.568. The Morgan fingerprint density at radius 1 is 1.14 bits per heavy atom. The summed E-state index contributed by atoms with van der Waals surface area (Å²) in [6, 6.07) is 9.52. The molecule has 1 aliphatic heterocycles. The molecule has 3 rings (SSSR count). The number of ether oxygens (including phenoxy) is 1. The number of benzene rings is 2. The zero-order chi connectivity index (χ0) is 21.0. The molecule has 1 saturated heterocycles. The number of amides is 1.